The fourth-order valence-electron chi connectivity index (χ4n) is 2.50. The van der Waals surface area contributed by atoms with Crippen LogP contribution in [0.15, 0.2) is 33.8 Å². The summed E-state index contributed by atoms with van der Waals surface area (Å²) in [4.78, 5) is 0. The standard InChI is InChI=1S/C17H34Si3/c1-18(2,3)15-10-12-16(19(4,5)6)14-17(13-11-15)20(7,8)9/h10,13-14H,11-12H2,1-9H3. The fraction of sp³-hybridized carbons (Fsp3) is 0.647. The summed E-state index contributed by atoms with van der Waals surface area (Å²) in [6.45, 7) is 22.4. The highest BCUT2D eigenvalue weighted by Gasteiger charge is 2.26. The van der Waals surface area contributed by atoms with Crippen molar-refractivity contribution in [1.29, 1.82) is 0 Å². The van der Waals surface area contributed by atoms with E-state index >= 15 is 0 Å². The van der Waals surface area contributed by atoms with E-state index in [0.717, 1.165) is 0 Å². The Labute approximate surface area is 130 Å². The van der Waals surface area contributed by atoms with Gasteiger partial charge >= 0.3 is 0 Å². The molecule has 114 valence electrons. The third kappa shape index (κ3) is 5.01. The topological polar surface area (TPSA) is 0 Å². The molecule has 20 heavy (non-hydrogen) atoms. The first kappa shape index (κ1) is 17.9. The molecule has 0 saturated carbocycles. The van der Waals surface area contributed by atoms with Crippen molar-refractivity contribution >= 4 is 24.2 Å². The van der Waals surface area contributed by atoms with Gasteiger partial charge in [0, 0.05) is 0 Å². The Balaban J connectivity index is 3.31. The number of hydrogen-bond acceptors (Lipinski definition) is 0. The minimum atomic E-state index is -1.23. The summed E-state index contributed by atoms with van der Waals surface area (Å²) in [6, 6.07) is 0. The number of rotatable bonds is 3. The van der Waals surface area contributed by atoms with Crippen LogP contribution in [0.25, 0.3) is 0 Å². The summed E-state index contributed by atoms with van der Waals surface area (Å²) >= 11 is 0. The summed E-state index contributed by atoms with van der Waals surface area (Å²) in [5, 5.41) is 5.16. The van der Waals surface area contributed by atoms with Crippen molar-refractivity contribution in [3.05, 3.63) is 33.8 Å². The van der Waals surface area contributed by atoms with E-state index in [9.17, 15) is 0 Å². The molecule has 0 aromatic carbocycles. The quantitative estimate of drug-likeness (QED) is 0.543. The highest BCUT2D eigenvalue weighted by molar-refractivity contribution is 6.86. The molecule has 1 rings (SSSR count). The Hall–Kier alpha value is -0.129. The van der Waals surface area contributed by atoms with Crippen LogP contribution in [0.1, 0.15) is 12.8 Å². The molecule has 0 heterocycles. The van der Waals surface area contributed by atoms with Gasteiger partial charge in [-0.15, -0.1) is 0 Å². The Morgan fingerprint density at radius 3 is 1.45 bits per heavy atom. The molecule has 0 aliphatic heterocycles. The van der Waals surface area contributed by atoms with Crippen LogP contribution < -0.4 is 0 Å². The molecule has 0 amide bonds. The van der Waals surface area contributed by atoms with Crippen molar-refractivity contribution in [1.82, 2.24) is 0 Å². The summed E-state index contributed by atoms with van der Waals surface area (Å²) < 4.78 is 0. The Kier molecular flexibility index (Phi) is 5.32. The Morgan fingerprint density at radius 2 is 1.05 bits per heavy atom. The maximum absolute atomic E-state index is 2.59. The van der Waals surface area contributed by atoms with Gasteiger partial charge < -0.3 is 0 Å². The predicted octanol–water partition coefficient (Wildman–Crippen LogP) is 6.19. The Morgan fingerprint density at radius 1 is 0.600 bits per heavy atom. The molecular formula is C17H34Si3. The maximum atomic E-state index is 2.59. The van der Waals surface area contributed by atoms with Crippen molar-refractivity contribution in [2.75, 3.05) is 0 Å². The van der Waals surface area contributed by atoms with E-state index < -0.39 is 24.2 Å². The molecule has 0 radical (unpaired) electrons. The maximum Gasteiger partial charge on any atom is 0.0771 e. The lowest BCUT2D eigenvalue weighted by Gasteiger charge is -2.29. The third-order valence-electron chi connectivity index (χ3n) is 4.23. The lowest BCUT2D eigenvalue weighted by atomic mass is 10.2. The highest BCUT2D eigenvalue weighted by Crippen LogP contribution is 2.30. The van der Waals surface area contributed by atoms with Crippen LogP contribution >= 0.6 is 0 Å². The fourth-order valence-corrected chi connectivity index (χ4v) is 6.70. The first-order chi connectivity index (χ1) is 8.82. The van der Waals surface area contributed by atoms with Gasteiger partial charge in [-0.3, -0.25) is 0 Å². The van der Waals surface area contributed by atoms with Crippen molar-refractivity contribution < 1.29 is 0 Å². The molecule has 0 atom stereocenters. The van der Waals surface area contributed by atoms with Crippen LogP contribution in [0.3, 0.4) is 0 Å². The zero-order chi connectivity index (χ0) is 15.8. The van der Waals surface area contributed by atoms with Gasteiger partial charge in [-0.1, -0.05) is 92.7 Å². The van der Waals surface area contributed by atoms with Crippen molar-refractivity contribution in [3.63, 3.8) is 0 Å². The van der Waals surface area contributed by atoms with Crippen LogP contribution in [0, 0.1) is 0 Å². The third-order valence-corrected chi connectivity index (χ3v) is 10.9. The predicted molar refractivity (Wildman–Crippen MR) is 104 cm³/mol. The summed E-state index contributed by atoms with van der Waals surface area (Å²) in [6.07, 6.45) is 10.1. The van der Waals surface area contributed by atoms with Gasteiger partial charge in [0.25, 0.3) is 0 Å². The highest BCUT2D eigenvalue weighted by atomic mass is 28.3. The SMILES string of the molecule is C[Si](C)(C)C1=CCC([Si](C)(C)C)=CCC([Si](C)(C)C)=C1. The van der Waals surface area contributed by atoms with Gasteiger partial charge in [0.2, 0.25) is 0 Å². The van der Waals surface area contributed by atoms with Gasteiger partial charge in [0.15, 0.2) is 0 Å². The number of hydrogen-bond donors (Lipinski definition) is 0. The van der Waals surface area contributed by atoms with Crippen LogP contribution in [-0.2, 0) is 0 Å². The lowest BCUT2D eigenvalue weighted by molar-refractivity contribution is 1.19. The molecule has 0 fully saturated rings. The van der Waals surface area contributed by atoms with Gasteiger partial charge in [0.05, 0.1) is 24.2 Å². The van der Waals surface area contributed by atoms with E-state index in [1.807, 2.05) is 0 Å². The first-order valence-electron chi connectivity index (χ1n) is 7.93. The van der Waals surface area contributed by atoms with Crippen LogP contribution in [-0.4, -0.2) is 24.2 Å². The molecule has 0 spiro atoms. The minimum Gasteiger partial charge on any atom is -0.0852 e. The lowest BCUT2D eigenvalue weighted by Crippen LogP contribution is -2.30. The van der Waals surface area contributed by atoms with E-state index in [4.69, 9.17) is 0 Å². The molecule has 0 unspecified atom stereocenters. The molecule has 0 nitrogen and oxygen atoms in total. The van der Waals surface area contributed by atoms with Crippen molar-refractivity contribution in [2.24, 2.45) is 0 Å². The zero-order valence-corrected chi connectivity index (χ0v) is 18.1. The largest absolute Gasteiger partial charge is 0.0852 e. The summed E-state index contributed by atoms with van der Waals surface area (Å²) in [5.74, 6) is 0. The first-order valence-corrected chi connectivity index (χ1v) is 18.4. The second-order valence-electron chi connectivity index (χ2n) is 9.22. The molecule has 0 bridgehead atoms. The minimum absolute atomic E-state index is 1.17. The van der Waals surface area contributed by atoms with Crippen molar-refractivity contribution in [2.45, 2.75) is 71.8 Å². The molecular weight excluding hydrogens is 288 g/mol. The van der Waals surface area contributed by atoms with Crippen molar-refractivity contribution in [3.8, 4) is 0 Å². The van der Waals surface area contributed by atoms with Gasteiger partial charge in [0.1, 0.15) is 0 Å². The van der Waals surface area contributed by atoms with E-state index in [1.54, 1.807) is 15.6 Å². The normalized spacial score (nSPS) is 18.8. The van der Waals surface area contributed by atoms with E-state index in [0.29, 0.717) is 0 Å². The van der Waals surface area contributed by atoms with Gasteiger partial charge in [-0.05, 0) is 12.8 Å². The van der Waals surface area contributed by atoms with E-state index in [2.05, 4.69) is 77.2 Å². The molecule has 1 aliphatic rings. The summed E-state index contributed by atoms with van der Waals surface area (Å²) in [7, 11) is -3.60. The number of allylic oxidation sites excluding steroid dienone is 6. The molecule has 3 heteroatoms. The van der Waals surface area contributed by atoms with Crippen LogP contribution in [0.5, 0.6) is 0 Å². The zero-order valence-electron chi connectivity index (χ0n) is 15.1. The molecule has 0 saturated heterocycles. The Bertz CT molecular complexity index is 446. The van der Waals surface area contributed by atoms with E-state index in [1.165, 1.54) is 12.8 Å². The van der Waals surface area contributed by atoms with E-state index in [-0.39, 0.29) is 0 Å². The van der Waals surface area contributed by atoms with Crippen LogP contribution in [0.2, 0.25) is 58.9 Å². The summed E-state index contributed by atoms with van der Waals surface area (Å²) in [5.41, 5.74) is 0. The smallest absolute Gasteiger partial charge is 0.0771 e. The molecule has 0 N–H and O–H groups in total. The van der Waals surface area contributed by atoms with Crippen LogP contribution in [0.4, 0.5) is 0 Å². The molecule has 1 aliphatic carbocycles. The average molecular weight is 323 g/mol. The monoisotopic (exact) mass is 322 g/mol. The molecule has 0 aromatic rings. The van der Waals surface area contributed by atoms with Gasteiger partial charge in [-0.2, -0.15) is 0 Å². The average Bonchev–Trinajstić information content (AvgIpc) is 2.09. The molecule has 0 aromatic heterocycles. The second-order valence-corrected chi connectivity index (χ2v) is 24.6. The second kappa shape index (κ2) is 5.93. The van der Waals surface area contributed by atoms with Gasteiger partial charge in [-0.25, -0.2) is 0 Å².